The van der Waals surface area contributed by atoms with Gasteiger partial charge in [-0.05, 0) is 54.9 Å². The van der Waals surface area contributed by atoms with E-state index >= 15 is 0 Å². The minimum absolute atomic E-state index is 0.851. The molecule has 21 heavy (non-hydrogen) atoms. The van der Waals surface area contributed by atoms with Crippen molar-refractivity contribution < 1.29 is 0 Å². The van der Waals surface area contributed by atoms with Crippen LogP contribution in [0.1, 0.15) is 47.8 Å². The van der Waals surface area contributed by atoms with Gasteiger partial charge in [0.05, 0.1) is 5.69 Å². The molecule has 0 amide bonds. The van der Waals surface area contributed by atoms with Crippen molar-refractivity contribution in [2.24, 2.45) is 0 Å². The Balaban J connectivity index is 1.57. The first-order valence-electron chi connectivity index (χ1n) is 8.11. The first-order valence-corrected chi connectivity index (χ1v) is 8.11. The van der Waals surface area contributed by atoms with E-state index in [4.69, 9.17) is 4.98 Å². The Morgan fingerprint density at radius 3 is 2.76 bits per heavy atom. The molecule has 0 spiro atoms. The number of hydrogen-bond donors (Lipinski definition) is 1. The second kappa shape index (κ2) is 6.86. The molecule has 0 bridgehead atoms. The summed E-state index contributed by atoms with van der Waals surface area (Å²) in [4.78, 5) is 4.82. The summed E-state index contributed by atoms with van der Waals surface area (Å²) in [7, 11) is 0. The summed E-state index contributed by atoms with van der Waals surface area (Å²) in [5.74, 6) is 0. The SMILES string of the molecule is CCc1cccc(CNCc2ccc3c(n2)CCCC3)c1. The molecular formula is C19H24N2. The number of nitrogens with zero attached hydrogens (tertiary/aromatic N) is 1. The van der Waals surface area contributed by atoms with Crippen LogP contribution in [0.3, 0.4) is 0 Å². The molecule has 2 aromatic rings. The number of benzene rings is 1. The summed E-state index contributed by atoms with van der Waals surface area (Å²) in [6.07, 6.45) is 6.07. The molecule has 0 unspecified atom stereocenters. The molecule has 1 aliphatic carbocycles. The van der Waals surface area contributed by atoms with Crippen molar-refractivity contribution in [1.82, 2.24) is 10.3 Å². The number of hydrogen-bond acceptors (Lipinski definition) is 2. The van der Waals surface area contributed by atoms with E-state index in [1.165, 1.54) is 47.3 Å². The average molecular weight is 280 g/mol. The van der Waals surface area contributed by atoms with Gasteiger partial charge in [0.25, 0.3) is 0 Å². The van der Waals surface area contributed by atoms with Crippen LogP contribution in [-0.2, 0) is 32.4 Å². The topological polar surface area (TPSA) is 24.9 Å². The lowest BCUT2D eigenvalue weighted by molar-refractivity contribution is 0.643. The smallest absolute Gasteiger partial charge is 0.0545 e. The van der Waals surface area contributed by atoms with Crippen LogP contribution < -0.4 is 5.32 Å². The van der Waals surface area contributed by atoms with Gasteiger partial charge >= 0.3 is 0 Å². The fourth-order valence-corrected chi connectivity index (χ4v) is 3.02. The Labute approximate surface area is 127 Å². The molecular weight excluding hydrogens is 256 g/mol. The van der Waals surface area contributed by atoms with E-state index < -0.39 is 0 Å². The molecule has 0 radical (unpaired) electrons. The lowest BCUT2D eigenvalue weighted by Gasteiger charge is -2.15. The molecule has 110 valence electrons. The molecule has 1 heterocycles. The fourth-order valence-electron chi connectivity index (χ4n) is 3.02. The highest BCUT2D eigenvalue weighted by Crippen LogP contribution is 2.19. The summed E-state index contributed by atoms with van der Waals surface area (Å²) < 4.78 is 0. The monoisotopic (exact) mass is 280 g/mol. The second-order valence-electron chi connectivity index (χ2n) is 5.89. The van der Waals surface area contributed by atoms with Gasteiger partial charge in [-0.3, -0.25) is 4.98 Å². The quantitative estimate of drug-likeness (QED) is 0.901. The van der Waals surface area contributed by atoms with Crippen LogP contribution in [0.25, 0.3) is 0 Å². The summed E-state index contributed by atoms with van der Waals surface area (Å²) >= 11 is 0. The van der Waals surface area contributed by atoms with Gasteiger partial charge < -0.3 is 5.32 Å². The fraction of sp³-hybridized carbons (Fsp3) is 0.421. The Morgan fingerprint density at radius 2 is 1.86 bits per heavy atom. The molecule has 1 aliphatic rings. The standard InChI is InChI=1S/C19H24N2/c1-2-15-6-5-7-16(12-15)13-20-14-18-11-10-17-8-3-4-9-19(17)21-18/h5-7,10-12,20H,2-4,8-9,13-14H2,1H3. The molecule has 0 atom stereocenters. The number of fused-ring (bicyclic) bond motifs is 1. The third kappa shape index (κ3) is 3.70. The molecule has 0 fully saturated rings. The van der Waals surface area contributed by atoms with E-state index in [-0.39, 0.29) is 0 Å². The predicted octanol–water partition coefficient (Wildman–Crippen LogP) is 3.81. The molecule has 1 N–H and O–H groups in total. The van der Waals surface area contributed by atoms with Gasteiger partial charge in [0.15, 0.2) is 0 Å². The number of aryl methyl sites for hydroxylation is 3. The van der Waals surface area contributed by atoms with Crippen molar-refractivity contribution in [1.29, 1.82) is 0 Å². The van der Waals surface area contributed by atoms with Crippen LogP contribution in [0.5, 0.6) is 0 Å². The molecule has 1 aromatic heterocycles. The molecule has 0 aliphatic heterocycles. The molecule has 2 nitrogen and oxygen atoms in total. The zero-order valence-electron chi connectivity index (χ0n) is 12.9. The first-order chi connectivity index (χ1) is 10.3. The van der Waals surface area contributed by atoms with E-state index in [0.29, 0.717) is 0 Å². The number of pyridine rings is 1. The van der Waals surface area contributed by atoms with E-state index in [9.17, 15) is 0 Å². The van der Waals surface area contributed by atoms with E-state index in [1.807, 2.05) is 0 Å². The van der Waals surface area contributed by atoms with Gasteiger partial charge in [-0.25, -0.2) is 0 Å². The van der Waals surface area contributed by atoms with Crippen LogP contribution >= 0.6 is 0 Å². The lowest BCUT2D eigenvalue weighted by Crippen LogP contribution is -2.15. The molecule has 3 rings (SSSR count). The van der Waals surface area contributed by atoms with Crippen molar-refractivity contribution in [2.75, 3.05) is 0 Å². The van der Waals surface area contributed by atoms with Crippen molar-refractivity contribution >= 4 is 0 Å². The van der Waals surface area contributed by atoms with Gasteiger partial charge in [-0.2, -0.15) is 0 Å². The van der Waals surface area contributed by atoms with Gasteiger partial charge in [0.1, 0.15) is 0 Å². The highest BCUT2D eigenvalue weighted by Gasteiger charge is 2.10. The van der Waals surface area contributed by atoms with Gasteiger partial charge in [0, 0.05) is 18.8 Å². The van der Waals surface area contributed by atoms with Crippen molar-refractivity contribution in [2.45, 2.75) is 52.1 Å². The minimum atomic E-state index is 0.851. The number of nitrogens with one attached hydrogen (secondary N) is 1. The van der Waals surface area contributed by atoms with Crippen molar-refractivity contribution in [3.8, 4) is 0 Å². The molecule has 2 heteroatoms. The van der Waals surface area contributed by atoms with Gasteiger partial charge in [0.2, 0.25) is 0 Å². The van der Waals surface area contributed by atoms with Gasteiger partial charge in [-0.1, -0.05) is 37.3 Å². The largest absolute Gasteiger partial charge is 0.307 e. The first kappa shape index (κ1) is 14.3. The normalized spacial score (nSPS) is 14.0. The van der Waals surface area contributed by atoms with Crippen LogP contribution in [0, 0.1) is 0 Å². The zero-order valence-corrected chi connectivity index (χ0v) is 12.9. The van der Waals surface area contributed by atoms with Crippen LogP contribution in [-0.4, -0.2) is 4.98 Å². The lowest BCUT2D eigenvalue weighted by atomic mass is 9.96. The second-order valence-corrected chi connectivity index (χ2v) is 5.89. The van der Waals surface area contributed by atoms with Crippen LogP contribution in [0.4, 0.5) is 0 Å². The third-order valence-corrected chi connectivity index (χ3v) is 4.27. The maximum Gasteiger partial charge on any atom is 0.0545 e. The Hall–Kier alpha value is -1.67. The summed E-state index contributed by atoms with van der Waals surface area (Å²) in [5.41, 5.74) is 6.71. The average Bonchev–Trinajstić information content (AvgIpc) is 2.55. The number of aromatic nitrogens is 1. The number of rotatable bonds is 5. The minimum Gasteiger partial charge on any atom is -0.307 e. The summed E-state index contributed by atoms with van der Waals surface area (Å²) in [6, 6.07) is 13.3. The van der Waals surface area contributed by atoms with Crippen molar-refractivity contribution in [3.05, 3.63) is 64.5 Å². The maximum absolute atomic E-state index is 4.82. The Kier molecular flexibility index (Phi) is 4.66. The summed E-state index contributed by atoms with van der Waals surface area (Å²) in [5, 5.41) is 3.51. The van der Waals surface area contributed by atoms with Gasteiger partial charge in [-0.15, -0.1) is 0 Å². The maximum atomic E-state index is 4.82. The van der Waals surface area contributed by atoms with Crippen LogP contribution in [0.2, 0.25) is 0 Å². The highest BCUT2D eigenvalue weighted by atomic mass is 14.9. The van der Waals surface area contributed by atoms with Crippen molar-refractivity contribution in [3.63, 3.8) is 0 Å². The highest BCUT2D eigenvalue weighted by molar-refractivity contribution is 5.26. The molecule has 0 saturated carbocycles. The third-order valence-electron chi connectivity index (χ3n) is 4.27. The van der Waals surface area contributed by atoms with Crippen LogP contribution in [0.15, 0.2) is 36.4 Å². The zero-order chi connectivity index (χ0) is 14.5. The van der Waals surface area contributed by atoms with E-state index in [0.717, 1.165) is 25.9 Å². The molecule has 1 aromatic carbocycles. The predicted molar refractivity (Wildman–Crippen MR) is 87.2 cm³/mol. The Morgan fingerprint density at radius 1 is 1.00 bits per heavy atom. The van der Waals surface area contributed by atoms with E-state index in [1.54, 1.807) is 0 Å². The molecule has 0 saturated heterocycles. The Bertz CT molecular complexity index is 604. The summed E-state index contributed by atoms with van der Waals surface area (Å²) in [6.45, 7) is 3.96. The van der Waals surface area contributed by atoms with E-state index in [2.05, 4.69) is 48.6 Å².